The molecule has 0 radical (unpaired) electrons. The summed E-state index contributed by atoms with van der Waals surface area (Å²) in [6.45, 7) is 0. The second kappa shape index (κ2) is 10.5. The van der Waals surface area contributed by atoms with Gasteiger partial charge in [-0.05, 0) is 37.8 Å². The maximum Gasteiger partial charge on any atom is 0.314 e. The van der Waals surface area contributed by atoms with Crippen LogP contribution in [0.15, 0.2) is 31.7 Å². The summed E-state index contributed by atoms with van der Waals surface area (Å²) in [7, 11) is 0. The summed E-state index contributed by atoms with van der Waals surface area (Å²) in [5.41, 5.74) is -0.00897. The van der Waals surface area contributed by atoms with Gasteiger partial charge < -0.3 is 9.47 Å². The molecular formula is C24H24N2O4S2. The number of ether oxygens (including phenoxy) is 2. The SMILES string of the molecule is N#CC(C#N)=C1Sc2c(OC(=O)C3CCCCC3)ccc(OC(=O)C3CCCCC3)c2S1. The number of esters is 2. The van der Waals surface area contributed by atoms with E-state index in [4.69, 9.17) is 9.47 Å². The first kappa shape index (κ1) is 22.8. The molecule has 2 fully saturated rings. The van der Waals surface area contributed by atoms with Crippen LogP contribution in [0.4, 0.5) is 0 Å². The third-order valence-electron chi connectivity index (χ3n) is 6.16. The summed E-state index contributed by atoms with van der Waals surface area (Å²) in [5.74, 6) is 0.0639. The molecule has 0 aromatic heterocycles. The standard InChI is InChI=1S/C24H24N2O4S2/c25-13-17(14-26)24-31-20-18(29-22(27)15-7-3-1-4-8-15)11-12-19(21(20)32-24)30-23(28)16-9-5-2-6-10-16/h11-12,15-16H,1-10H2. The van der Waals surface area contributed by atoms with Crippen LogP contribution in [0.3, 0.4) is 0 Å². The summed E-state index contributed by atoms with van der Waals surface area (Å²) in [6, 6.07) is 7.13. The largest absolute Gasteiger partial charge is 0.425 e. The Morgan fingerprint density at radius 3 is 1.53 bits per heavy atom. The maximum absolute atomic E-state index is 12.7. The molecule has 0 atom stereocenters. The van der Waals surface area contributed by atoms with E-state index in [2.05, 4.69) is 0 Å². The second-order valence-electron chi connectivity index (χ2n) is 8.32. The van der Waals surface area contributed by atoms with Crippen LogP contribution in [-0.2, 0) is 9.59 Å². The molecule has 3 aliphatic rings. The smallest absolute Gasteiger partial charge is 0.314 e. The molecule has 32 heavy (non-hydrogen) atoms. The molecule has 0 spiro atoms. The zero-order valence-corrected chi connectivity index (χ0v) is 19.4. The topological polar surface area (TPSA) is 100 Å². The maximum atomic E-state index is 12.7. The van der Waals surface area contributed by atoms with Crippen molar-refractivity contribution < 1.29 is 19.1 Å². The van der Waals surface area contributed by atoms with Gasteiger partial charge in [-0.3, -0.25) is 9.59 Å². The molecule has 1 aromatic carbocycles. The van der Waals surface area contributed by atoms with Gasteiger partial charge in [0, 0.05) is 0 Å². The van der Waals surface area contributed by atoms with E-state index in [9.17, 15) is 20.1 Å². The number of allylic oxidation sites excluding steroid dienone is 1. The molecule has 1 heterocycles. The van der Waals surface area contributed by atoms with Gasteiger partial charge in [0.05, 0.1) is 25.9 Å². The van der Waals surface area contributed by atoms with Crippen molar-refractivity contribution in [2.45, 2.75) is 74.0 Å². The Balaban J connectivity index is 1.61. The van der Waals surface area contributed by atoms with E-state index in [-0.39, 0.29) is 29.3 Å². The predicted molar refractivity (Wildman–Crippen MR) is 121 cm³/mol. The van der Waals surface area contributed by atoms with Gasteiger partial charge in [0.15, 0.2) is 0 Å². The Labute approximate surface area is 196 Å². The molecule has 0 bridgehead atoms. The summed E-state index contributed by atoms with van der Waals surface area (Å²) in [4.78, 5) is 26.7. The average Bonchev–Trinajstić information content (AvgIpc) is 3.28. The van der Waals surface area contributed by atoms with Crippen molar-refractivity contribution in [3.05, 3.63) is 21.9 Å². The van der Waals surface area contributed by atoms with Crippen LogP contribution in [0.2, 0.25) is 0 Å². The number of hydrogen-bond acceptors (Lipinski definition) is 8. The monoisotopic (exact) mass is 468 g/mol. The lowest BCUT2D eigenvalue weighted by Crippen LogP contribution is -2.23. The molecule has 166 valence electrons. The van der Waals surface area contributed by atoms with Gasteiger partial charge in [0.25, 0.3) is 0 Å². The van der Waals surface area contributed by atoms with Gasteiger partial charge in [-0.2, -0.15) is 10.5 Å². The van der Waals surface area contributed by atoms with E-state index < -0.39 is 0 Å². The molecule has 2 saturated carbocycles. The van der Waals surface area contributed by atoms with Crippen molar-refractivity contribution in [1.29, 1.82) is 10.5 Å². The van der Waals surface area contributed by atoms with Crippen LogP contribution in [-0.4, -0.2) is 11.9 Å². The zero-order chi connectivity index (χ0) is 22.5. The van der Waals surface area contributed by atoms with E-state index in [0.29, 0.717) is 25.5 Å². The fraction of sp³-hybridized carbons (Fsp3) is 0.500. The van der Waals surface area contributed by atoms with Crippen LogP contribution in [0.1, 0.15) is 64.2 Å². The van der Waals surface area contributed by atoms with Gasteiger partial charge in [0.2, 0.25) is 0 Å². The first-order chi connectivity index (χ1) is 15.6. The quantitative estimate of drug-likeness (QED) is 0.296. The lowest BCUT2D eigenvalue weighted by Gasteiger charge is -2.21. The minimum atomic E-state index is -0.248. The lowest BCUT2D eigenvalue weighted by molar-refractivity contribution is -0.141. The minimum absolute atomic E-state index is 0.00897. The highest BCUT2D eigenvalue weighted by Gasteiger charge is 2.32. The molecule has 4 rings (SSSR count). The number of rotatable bonds is 4. The molecule has 0 N–H and O–H groups in total. The highest BCUT2D eigenvalue weighted by Crippen LogP contribution is 2.59. The number of hydrogen-bond donors (Lipinski definition) is 0. The molecule has 2 aliphatic carbocycles. The fourth-order valence-electron chi connectivity index (χ4n) is 4.37. The van der Waals surface area contributed by atoms with Crippen molar-refractivity contribution in [2.24, 2.45) is 11.8 Å². The van der Waals surface area contributed by atoms with Crippen LogP contribution in [0.5, 0.6) is 11.5 Å². The first-order valence-corrected chi connectivity index (χ1v) is 12.7. The van der Waals surface area contributed by atoms with Crippen molar-refractivity contribution in [1.82, 2.24) is 0 Å². The van der Waals surface area contributed by atoms with Gasteiger partial charge in [-0.25, -0.2) is 0 Å². The third kappa shape index (κ3) is 4.98. The average molecular weight is 469 g/mol. The number of carbonyl (C=O) groups is 2. The summed E-state index contributed by atoms with van der Waals surface area (Å²) in [6.07, 6.45) is 9.72. The van der Waals surface area contributed by atoms with E-state index in [1.807, 2.05) is 12.1 Å². The zero-order valence-electron chi connectivity index (χ0n) is 17.7. The number of fused-ring (bicyclic) bond motifs is 1. The Morgan fingerprint density at radius 2 is 1.16 bits per heavy atom. The van der Waals surface area contributed by atoms with Gasteiger partial charge in [0.1, 0.15) is 29.2 Å². The van der Waals surface area contributed by atoms with Crippen molar-refractivity contribution >= 4 is 35.5 Å². The molecule has 8 heteroatoms. The number of nitriles is 2. The highest BCUT2D eigenvalue weighted by molar-refractivity contribution is 8.24. The van der Waals surface area contributed by atoms with E-state index >= 15 is 0 Å². The van der Waals surface area contributed by atoms with Crippen LogP contribution in [0, 0.1) is 34.5 Å². The van der Waals surface area contributed by atoms with E-state index in [0.717, 1.165) is 64.2 Å². The summed E-state index contributed by atoms with van der Waals surface area (Å²) < 4.78 is 12.0. The van der Waals surface area contributed by atoms with Crippen molar-refractivity contribution in [3.8, 4) is 23.6 Å². The van der Waals surface area contributed by atoms with E-state index in [1.54, 1.807) is 12.1 Å². The molecule has 1 aromatic rings. The Bertz CT molecular complexity index is 947. The molecule has 6 nitrogen and oxygen atoms in total. The molecule has 0 amide bonds. The number of carbonyl (C=O) groups excluding carboxylic acids is 2. The van der Waals surface area contributed by atoms with Crippen molar-refractivity contribution in [3.63, 3.8) is 0 Å². The number of thioether (sulfide) groups is 2. The molecular weight excluding hydrogens is 444 g/mol. The van der Waals surface area contributed by atoms with E-state index in [1.165, 1.54) is 23.5 Å². The summed E-state index contributed by atoms with van der Waals surface area (Å²) in [5, 5.41) is 18.6. The minimum Gasteiger partial charge on any atom is -0.425 e. The molecule has 0 saturated heterocycles. The van der Waals surface area contributed by atoms with Gasteiger partial charge in [-0.1, -0.05) is 62.0 Å². The molecule has 0 unspecified atom stereocenters. The Hall–Kier alpha value is -2.42. The Kier molecular flexibility index (Phi) is 7.44. The van der Waals surface area contributed by atoms with Gasteiger partial charge >= 0.3 is 11.9 Å². The second-order valence-corrected chi connectivity index (χ2v) is 10.6. The predicted octanol–water partition coefficient (Wildman–Crippen LogP) is 6.11. The first-order valence-electron chi connectivity index (χ1n) is 11.1. The lowest BCUT2D eigenvalue weighted by atomic mass is 9.89. The highest BCUT2D eigenvalue weighted by atomic mass is 32.2. The van der Waals surface area contributed by atoms with Crippen LogP contribution < -0.4 is 9.47 Å². The van der Waals surface area contributed by atoms with Gasteiger partial charge in [-0.15, -0.1) is 0 Å². The fourth-order valence-corrected chi connectivity index (χ4v) is 6.85. The normalized spacial score (nSPS) is 18.9. The number of benzene rings is 1. The van der Waals surface area contributed by atoms with Crippen LogP contribution >= 0.6 is 23.5 Å². The Morgan fingerprint density at radius 1 is 0.750 bits per heavy atom. The summed E-state index contributed by atoms with van der Waals surface area (Å²) >= 11 is 2.43. The third-order valence-corrected chi connectivity index (χ3v) is 8.78. The number of nitrogens with zero attached hydrogens (tertiary/aromatic N) is 2. The van der Waals surface area contributed by atoms with Crippen molar-refractivity contribution in [2.75, 3.05) is 0 Å². The van der Waals surface area contributed by atoms with Crippen LogP contribution in [0.25, 0.3) is 0 Å². The molecule has 1 aliphatic heterocycles.